The Kier molecular flexibility index (Phi) is 1260. The standard InChI is InChI=1S/Al.In.3O/q2*+3;3*-2. The molecule has 0 aromatic carbocycles. The van der Waals surface area contributed by atoms with Crippen molar-refractivity contribution in [1.82, 2.24) is 0 Å². The van der Waals surface area contributed by atoms with Crippen molar-refractivity contribution in [2.45, 2.75) is 0 Å². The average molecular weight is 190 g/mol. The van der Waals surface area contributed by atoms with Crippen LogP contribution in [-0.2, 0) is 16.4 Å². The molecule has 3 nitrogen and oxygen atoms in total. The summed E-state index contributed by atoms with van der Waals surface area (Å²) in [7, 11) is 0. The van der Waals surface area contributed by atoms with Crippen LogP contribution in [0.5, 0.6) is 0 Å². The minimum Gasteiger partial charge on any atom is -2.00 e. The summed E-state index contributed by atoms with van der Waals surface area (Å²) in [5.41, 5.74) is 0. The van der Waals surface area contributed by atoms with Crippen molar-refractivity contribution in [3.05, 3.63) is 0 Å². The van der Waals surface area contributed by atoms with E-state index in [1.807, 2.05) is 0 Å². The monoisotopic (exact) mass is 190 g/mol. The zero-order valence-electron chi connectivity index (χ0n) is 2.38. The first-order valence-electron chi connectivity index (χ1n) is 0. The fourth-order valence-corrected chi connectivity index (χ4v) is 0. The molecule has 0 amide bonds. The first-order valence-corrected chi connectivity index (χ1v) is 0. The maximum Gasteiger partial charge on any atom is 3.00 e. The van der Waals surface area contributed by atoms with E-state index in [4.69, 9.17) is 0 Å². The van der Waals surface area contributed by atoms with Crippen LogP contribution in [0.4, 0.5) is 0 Å². The van der Waals surface area contributed by atoms with Crippen molar-refractivity contribution in [3.8, 4) is 0 Å². The molecule has 5 heteroatoms. The molecule has 0 unspecified atom stereocenters. The Morgan fingerprint density at radius 3 is 0.600 bits per heavy atom. The van der Waals surface area contributed by atoms with Crippen molar-refractivity contribution in [1.29, 1.82) is 0 Å². The first-order chi connectivity index (χ1) is 0. The van der Waals surface area contributed by atoms with Gasteiger partial charge in [-0.15, -0.1) is 0 Å². The SMILES string of the molecule is [Al+3].[In+3].[O-2].[O-2].[O-2]. The molecule has 0 heterocycles. The fraction of sp³-hybridized carbons (Fsp3) is 0. The van der Waals surface area contributed by atoms with Crippen molar-refractivity contribution in [2.24, 2.45) is 0 Å². The van der Waals surface area contributed by atoms with Crippen LogP contribution in [0.3, 0.4) is 0 Å². The van der Waals surface area contributed by atoms with Gasteiger partial charge in [-0.3, -0.25) is 0 Å². The van der Waals surface area contributed by atoms with Gasteiger partial charge in [-0.05, 0) is 0 Å². The van der Waals surface area contributed by atoms with Crippen molar-refractivity contribution in [3.63, 3.8) is 0 Å². The van der Waals surface area contributed by atoms with Gasteiger partial charge < -0.3 is 16.4 Å². The summed E-state index contributed by atoms with van der Waals surface area (Å²) in [5, 5.41) is 0. The second-order valence-electron chi connectivity index (χ2n) is 0. The summed E-state index contributed by atoms with van der Waals surface area (Å²) < 4.78 is 0. The molecule has 0 N–H and O–H groups in total. The van der Waals surface area contributed by atoms with Gasteiger partial charge in [-0.2, -0.15) is 0 Å². The molecule has 0 saturated heterocycles. The van der Waals surface area contributed by atoms with Crippen LogP contribution >= 0.6 is 0 Å². The Morgan fingerprint density at radius 1 is 0.600 bits per heavy atom. The van der Waals surface area contributed by atoms with Crippen LogP contribution in [0.2, 0.25) is 0 Å². The van der Waals surface area contributed by atoms with Gasteiger partial charge in [0.2, 0.25) is 0 Å². The minimum atomic E-state index is 0. The van der Waals surface area contributed by atoms with E-state index in [9.17, 15) is 0 Å². The smallest absolute Gasteiger partial charge is 2.00 e. The molecule has 0 atom stereocenters. The Balaban J connectivity index is 0. The van der Waals surface area contributed by atoms with E-state index in [1.165, 1.54) is 0 Å². The molecular formula is AlInO3. The molecule has 0 aromatic heterocycles. The van der Waals surface area contributed by atoms with Crippen LogP contribution in [0, 0.1) is 0 Å². The maximum absolute atomic E-state index is 0. The van der Waals surface area contributed by atoms with E-state index < -0.39 is 0 Å². The van der Waals surface area contributed by atoms with Crippen LogP contribution in [0.1, 0.15) is 0 Å². The second-order valence-corrected chi connectivity index (χ2v) is 0. The van der Waals surface area contributed by atoms with Gasteiger partial charge in [-0.25, -0.2) is 0 Å². The van der Waals surface area contributed by atoms with E-state index in [-0.39, 0.29) is 59.6 Å². The summed E-state index contributed by atoms with van der Waals surface area (Å²) in [6, 6.07) is 0. The Bertz CT molecular complexity index is 6.85. The minimum absolute atomic E-state index is 0. The molecule has 0 saturated carbocycles. The quantitative estimate of drug-likeness (QED) is 0.433. The predicted molar refractivity (Wildman–Crippen MR) is 13.6 cm³/mol. The molecule has 0 aliphatic heterocycles. The van der Waals surface area contributed by atoms with Gasteiger partial charge in [-0.1, -0.05) is 0 Å². The number of hydrogen-bond donors (Lipinski definition) is 0. The van der Waals surface area contributed by atoms with Crippen molar-refractivity contribution < 1.29 is 16.4 Å². The molecule has 0 aromatic rings. The predicted octanol–water partition coefficient (Wildman–Crippen LogP) is -1.12. The van der Waals surface area contributed by atoms with Gasteiger partial charge in [0.1, 0.15) is 0 Å². The Labute approximate surface area is 59.6 Å². The molecular weight excluding hydrogens is 190 g/mol. The van der Waals surface area contributed by atoms with Crippen LogP contribution in [-0.4, -0.2) is 43.2 Å². The van der Waals surface area contributed by atoms with Crippen LogP contribution in [0.25, 0.3) is 0 Å². The van der Waals surface area contributed by atoms with Crippen molar-refractivity contribution in [2.75, 3.05) is 0 Å². The molecule has 5 heavy (non-hydrogen) atoms. The first kappa shape index (κ1) is 107. The fourth-order valence-electron chi connectivity index (χ4n) is 0. The normalized spacial score (nSPS) is 0. The zero-order valence-corrected chi connectivity index (χ0v) is 6.83. The van der Waals surface area contributed by atoms with Crippen molar-refractivity contribution >= 4 is 43.2 Å². The molecule has 24 valence electrons. The third-order valence-corrected chi connectivity index (χ3v) is 0. The van der Waals surface area contributed by atoms with E-state index in [2.05, 4.69) is 0 Å². The van der Waals surface area contributed by atoms with E-state index >= 15 is 0 Å². The third-order valence-electron chi connectivity index (χ3n) is 0. The number of rotatable bonds is 0. The average Bonchev–Trinajstić information content (AvgIpc) is 0. The van der Waals surface area contributed by atoms with Gasteiger partial charge in [0.05, 0.1) is 0 Å². The largest absolute Gasteiger partial charge is 3.00 e. The zero-order chi connectivity index (χ0) is 0. The van der Waals surface area contributed by atoms with E-state index in [0.29, 0.717) is 0 Å². The maximum atomic E-state index is 0. The molecule has 0 radical (unpaired) electrons. The molecule has 0 bridgehead atoms. The topological polar surface area (TPSA) is 85.5 Å². The molecule has 0 rings (SSSR count). The molecule has 0 fully saturated rings. The van der Waals surface area contributed by atoms with E-state index in [0.717, 1.165) is 0 Å². The molecule has 0 aliphatic rings. The summed E-state index contributed by atoms with van der Waals surface area (Å²) >= 11 is 0. The Hall–Kier alpha value is 1.28. The second kappa shape index (κ2) is 58.9. The third kappa shape index (κ3) is 34.6. The Morgan fingerprint density at radius 2 is 0.600 bits per heavy atom. The summed E-state index contributed by atoms with van der Waals surface area (Å²) in [4.78, 5) is 0. The van der Waals surface area contributed by atoms with Gasteiger partial charge >= 0.3 is 43.2 Å². The van der Waals surface area contributed by atoms with Gasteiger partial charge in [0.25, 0.3) is 0 Å². The van der Waals surface area contributed by atoms with Gasteiger partial charge in [0.15, 0.2) is 0 Å². The number of hydrogen-bond acceptors (Lipinski definition) is 0. The summed E-state index contributed by atoms with van der Waals surface area (Å²) in [5.74, 6) is 0. The van der Waals surface area contributed by atoms with E-state index in [1.54, 1.807) is 0 Å². The summed E-state index contributed by atoms with van der Waals surface area (Å²) in [6.45, 7) is 0. The molecule has 0 aliphatic carbocycles. The molecule has 0 spiro atoms. The summed E-state index contributed by atoms with van der Waals surface area (Å²) in [6.07, 6.45) is 0. The van der Waals surface area contributed by atoms with Crippen LogP contribution in [0.15, 0.2) is 0 Å². The van der Waals surface area contributed by atoms with Crippen LogP contribution < -0.4 is 0 Å². The van der Waals surface area contributed by atoms with Gasteiger partial charge in [0, 0.05) is 0 Å².